The molecule has 2 heterocycles. The molecule has 0 aliphatic carbocycles. The second kappa shape index (κ2) is 3.39. The van der Waals surface area contributed by atoms with Crippen LogP contribution in [0.15, 0.2) is 6.20 Å². The lowest BCUT2D eigenvalue weighted by Gasteiger charge is -2.12. The highest BCUT2D eigenvalue weighted by atomic mass is 32.1. The fourth-order valence-corrected chi connectivity index (χ4v) is 1.83. The highest BCUT2D eigenvalue weighted by Crippen LogP contribution is 2.14. The van der Waals surface area contributed by atoms with Crippen molar-refractivity contribution >= 4 is 17.4 Å². The van der Waals surface area contributed by atoms with Gasteiger partial charge in [0.1, 0.15) is 4.88 Å². The Labute approximate surface area is 79.2 Å². The number of nitrogens with zero attached hydrogens (tertiary/aromatic N) is 3. The monoisotopic (exact) mass is 199 g/mol. The van der Waals surface area contributed by atoms with Crippen LogP contribution in [0.2, 0.25) is 0 Å². The summed E-state index contributed by atoms with van der Waals surface area (Å²) in [6.07, 6.45) is 1.75. The van der Waals surface area contributed by atoms with Gasteiger partial charge in [-0.2, -0.15) is 0 Å². The van der Waals surface area contributed by atoms with E-state index in [9.17, 15) is 9.90 Å². The van der Waals surface area contributed by atoms with E-state index in [1.165, 1.54) is 6.20 Å². The molecule has 1 aromatic rings. The molecule has 1 fully saturated rings. The van der Waals surface area contributed by atoms with Crippen molar-refractivity contribution in [1.82, 2.24) is 14.5 Å². The summed E-state index contributed by atoms with van der Waals surface area (Å²) in [5.41, 5.74) is 0. The third kappa shape index (κ3) is 1.68. The van der Waals surface area contributed by atoms with Gasteiger partial charge in [0, 0.05) is 13.1 Å². The van der Waals surface area contributed by atoms with Gasteiger partial charge in [-0.25, -0.2) is 0 Å². The topological polar surface area (TPSA) is 66.3 Å². The molecule has 1 saturated heterocycles. The fourth-order valence-electron chi connectivity index (χ4n) is 1.34. The molecule has 1 amide bonds. The highest BCUT2D eigenvalue weighted by Gasteiger charge is 2.26. The van der Waals surface area contributed by atoms with Crippen LogP contribution in [0.4, 0.5) is 0 Å². The van der Waals surface area contributed by atoms with E-state index in [0.29, 0.717) is 24.4 Å². The van der Waals surface area contributed by atoms with Gasteiger partial charge in [-0.15, -0.1) is 5.10 Å². The maximum Gasteiger partial charge on any atom is 0.267 e. The molecule has 2 rings (SSSR count). The van der Waals surface area contributed by atoms with E-state index >= 15 is 0 Å². The minimum Gasteiger partial charge on any atom is -0.391 e. The van der Waals surface area contributed by atoms with Gasteiger partial charge in [0.15, 0.2) is 0 Å². The molecule has 0 spiro atoms. The summed E-state index contributed by atoms with van der Waals surface area (Å²) in [5, 5.41) is 12.8. The van der Waals surface area contributed by atoms with E-state index in [-0.39, 0.29) is 12.0 Å². The van der Waals surface area contributed by atoms with Gasteiger partial charge in [0.05, 0.1) is 12.3 Å². The van der Waals surface area contributed by atoms with Crippen LogP contribution >= 0.6 is 11.5 Å². The Morgan fingerprint density at radius 1 is 1.77 bits per heavy atom. The van der Waals surface area contributed by atoms with E-state index in [2.05, 4.69) is 9.59 Å². The molecule has 1 atom stereocenters. The van der Waals surface area contributed by atoms with Gasteiger partial charge in [0.25, 0.3) is 5.91 Å². The maximum atomic E-state index is 11.6. The number of hydrogen-bond donors (Lipinski definition) is 1. The standard InChI is InChI=1S/C7H9N3O2S/c11-5-1-2-10(4-5)7(12)6-3-8-9-13-6/h3,5,11H,1-2,4H2/t5-/m1/s1. The zero-order chi connectivity index (χ0) is 9.26. The Bertz CT molecular complexity index is 301. The number of carbonyl (C=O) groups excluding carboxylic acids is 1. The first kappa shape index (κ1) is 8.58. The summed E-state index contributed by atoms with van der Waals surface area (Å²) in [4.78, 5) is 13.8. The second-order valence-corrected chi connectivity index (χ2v) is 3.76. The van der Waals surface area contributed by atoms with E-state index in [4.69, 9.17) is 0 Å². The largest absolute Gasteiger partial charge is 0.391 e. The van der Waals surface area contributed by atoms with Crippen molar-refractivity contribution in [2.75, 3.05) is 13.1 Å². The van der Waals surface area contributed by atoms with Crippen LogP contribution in [-0.2, 0) is 0 Å². The lowest BCUT2D eigenvalue weighted by molar-refractivity contribution is 0.0769. The van der Waals surface area contributed by atoms with Crippen molar-refractivity contribution in [3.63, 3.8) is 0 Å². The number of carbonyl (C=O) groups is 1. The average Bonchev–Trinajstić information content (AvgIpc) is 2.72. The van der Waals surface area contributed by atoms with Crippen molar-refractivity contribution in [2.24, 2.45) is 0 Å². The second-order valence-electron chi connectivity index (χ2n) is 2.98. The molecule has 1 aromatic heterocycles. The van der Waals surface area contributed by atoms with Gasteiger partial charge in [-0.1, -0.05) is 4.49 Å². The van der Waals surface area contributed by atoms with Gasteiger partial charge in [0.2, 0.25) is 0 Å². The number of likely N-dealkylation sites (tertiary alicyclic amines) is 1. The molecule has 0 unspecified atom stereocenters. The summed E-state index contributed by atoms with van der Waals surface area (Å²) in [7, 11) is 0. The quantitative estimate of drug-likeness (QED) is 0.677. The first-order valence-corrected chi connectivity index (χ1v) is 4.79. The van der Waals surface area contributed by atoms with Gasteiger partial charge >= 0.3 is 0 Å². The maximum absolute atomic E-state index is 11.6. The van der Waals surface area contributed by atoms with Gasteiger partial charge < -0.3 is 10.0 Å². The molecule has 13 heavy (non-hydrogen) atoms. The van der Waals surface area contributed by atoms with Crippen molar-refractivity contribution in [1.29, 1.82) is 0 Å². The molecule has 1 aliphatic heterocycles. The van der Waals surface area contributed by atoms with Crippen LogP contribution in [0.3, 0.4) is 0 Å². The Balaban J connectivity index is 2.06. The van der Waals surface area contributed by atoms with Crippen LogP contribution in [0.5, 0.6) is 0 Å². The van der Waals surface area contributed by atoms with Crippen LogP contribution in [0, 0.1) is 0 Å². The molecule has 1 aliphatic rings. The number of β-amino-alcohol motifs (C(OH)–C–C–N with tert-alkyl or cyclic N) is 1. The molecule has 0 aromatic carbocycles. The van der Waals surface area contributed by atoms with Gasteiger partial charge in [-0.05, 0) is 18.0 Å². The first-order chi connectivity index (χ1) is 6.27. The predicted molar refractivity (Wildman–Crippen MR) is 46.4 cm³/mol. The number of aromatic nitrogens is 2. The third-order valence-corrected chi connectivity index (χ3v) is 2.68. The summed E-state index contributed by atoms with van der Waals surface area (Å²) >= 11 is 1.09. The smallest absolute Gasteiger partial charge is 0.267 e. The summed E-state index contributed by atoms with van der Waals surface area (Å²) in [5.74, 6) is -0.0773. The van der Waals surface area contributed by atoms with Crippen molar-refractivity contribution in [3.8, 4) is 0 Å². The molecule has 0 saturated carbocycles. The Morgan fingerprint density at radius 3 is 3.15 bits per heavy atom. The summed E-state index contributed by atoms with van der Waals surface area (Å²) in [6, 6.07) is 0. The van der Waals surface area contributed by atoms with E-state index in [0.717, 1.165) is 11.5 Å². The number of aliphatic hydroxyl groups excluding tert-OH is 1. The summed E-state index contributed by atoms with van der Waals surface area (Å²) in [6.45, 7) is 1.05. The molecule has 0 bridgehead atoms. The third-order valence-electron chi connectivity index (χ3n) is 2.02. The van der Waals surface area contributed by atoms with Crippen molar-refractivity contribution in [3.05, 3.63) is 11.1 Å². The molecule has 1 N–H and O–H groups in total. The predicted octanol–water partition coefficient (Wildman–Crippen LogP) is -0.255. The Kier molecular flexibility index (Phi) is 2.24. The average molecular weight is 199 g/mol. The van der Waals surface area contributed by atoms with Crippen LogP contribution in [0.1, 0.15) is 16.1 Å². The normalized spacial score (nSPS) is 22.2. The minimum absolute atomic E-state index is 0.0773. The van der Waals surface area contributed by atoms with Crippen LogP contribution in [0.25, 0.3) is 0 Å². The molecule has 6 heteroatoms. The molecule has 70 valence electrons. The zero-order valence-corrected chi connectivity index (χ0v) is 7.70. The number of hydrogen-bond acceptors (Lipinski definition) is 5. The van der Waals surface area contributed by atoms with Crippen molar-refractivity contribution in [2.45, 2.75) is 12.5 Å². The lowest BCUT2D eigenvalue weighted by Crippen LogP contribution is -2.28. The van der Waals surface area contributed by atoms with Gasteiger partial charge in [-0.3, -0.25) is 4.79 Å². The van der Waals surface area contributed by atoms with E-state index in [1.807, 2.05) is 0 Å². The number of amides is 1. The summed E-state index contributed by atoms with van der Waals surface area (Å²) < 4.78 is 3.62. The lowest BCUT2D eigenvalue weighted by atomic mass is 10.3. The molecular weight excluding hydrogens is 190 g/mol. The number of rotatable bonds is 1. The van der Waals surface area contributed by atoms with E-state index in [1.54, 1.807) is 4.90 Å². The fraction of sp³-hybridized carbons (Fsp3) is 0.571. The van der Waals surface area contributed by atoms with E-state index < -0.39 is 0 Å². The zero-order valence-electron chi connectivity index (χ0n) is 6.88. The van der Waals surface area contributed by atoms with Crippen LogP contribution in [-0.4, -0.2) is 44.7 Å². The minimum atomic E-state index is -0.371. The molecule has 0 radical (unpaired) electrons. The van der Waals surface area contributed by atoms with Crippen molar-refractivity contribution < 1.29 is 9.90 Å². The highest BCUT2D eigenvalue weighted by molar-refractivity contribution is 7.07. The SMILES string of the molecule is O=C(c1cnns1)N1CC[C@@H](O)C1. The molecule has 5 nitrogen and oxygen atoms in total. The number of aliphatic hydroxyl groups is 1. The first-order valence-electron chi connectivity index (χ1n) is 4.02. The Hall–Kier alpha value is -1.01. The van der Waals surface area contributed by atoms with Crippen LogP contribution < -0.4 is 0 Å². The molecular formula is C7H9N3O2S. The Morgan fingerprint density at radius 2 is 2.62 bits per heavy atom.